The van der Waals surface area contributed by atoms with Crippen molar-refractivity contribution in [1.82, 2.24) is 4.90 Å². The van der Waals surface area contributed by atoms with E-state index < -0.39 is 9.84 Å². The molecule has 1 aliphatic heterocycles. The molecule has 1 aromatic carbocycles. The molecule has 1 unspecified atom stereocenters. The van der Waals surface area contributed by atoms with Crippen molar-refractivity contribution in [3.8, 4) is 10.4 Å². The van der Waals surface area contributed by atoms with Crippen molar-refractivity contribution in [1.29, 1.82) is 0 Å². The van der Waals surface area contributed by atoms with Crippen LogP contribution in [-0.4, -0.2) is 32.2 Å². The van der Waals surface area contributed by atoms with Crippen molar-refractivity contribution < 1.29 is 8.42 Å². The lowest BCUT2D eigenvalue weighted by molar-refractivity contribution is 0.263. The zero-order valence-electron chi connectivity index (χ0n) is 13.7. The molecule has 1 atom stereocenters. The van der Waals surface area contributed by atoms with Gasteiger partial charge < -0.3 is 0 Å². The van der Waals surface area contributed by atoms with E-state index in [0.717, 1.165) is 10.4 Å². The smallest absolute Gasteiger partial charge is 0.187 e. The first kappa shape index (κ1) is 16.7. The first-order valence-corrected chi connectivity index (χ1v) is 10.6. The van der Waals surface area contributed by atoms with E-state index in [1.165, 1.54) is 42.8 Å². The molecule has 3 rings (SSSR count). The Morgan fingerprint density at radius 2 is 1.91 bits per heavy atom. The standard InChI is InChI=1S/C18H23NO2S2/c1-3-23(20,21)18-10-9-17(22-18)16-8-6-7-15(13-16)14(2)19-11-4-5-12-19/h6-10,13-14H,3-5,11-12H2,1-2H3. The Hall–Kier alpha value is -1.17. The summed E-state index contributed by atoms with van der Waals surface area (Å²) in [6.45, 7) is 6.28. The second kappa shape index (κ2) is 6.75. The lowest BCUT2D eigenvalue weighted by Crippen LogP contribution is -2.23. The van der Waals surface area contributed by atoms with E-state index in [-0.39, 0.29) is 5.75 Å². The van der Waals surface area contributed by atoms with Crippen LogP contribution in [0.1, 0.15) is 38.3 Å². The van der Waals surface area contributed by atoms with E-state index in [1.807, 2.05) is 6.07 Å². The summed E-state index contributed by atoms with van der Waals surface area (Å²) in [7, 11) is -3.11. The highest BCUT2D eigenvalue weighted by Gasteiger charge is 2.20. The topological polar surface area (TPSA) is 37.4 Å². The molecule has 1 fully saturated rings. The minimum absolute atomic E-state index is 0.152. The van der Waals surface area contributed by atoms with Crippen molar-refractivity contribution in [2.24, 2.45) is 0 Å². The van der Waals surface area contributed by atoms with Gasteiger partial charge in [-0.1, -0.05) is 25.1 Å². The third-order valence-electron chi connectivity index (χ3n) is 4.61. The Kier molecular flexibility index (Phi) is 4.90. The maximum atomic E-state index is 12.0. The summed E-state index contributed by atoms with van der Waals surface area (Å²) < 4.78 is 24.5. The highest BCUT2D eigenvalue weighted by atomic mass is 32.2. The quantitative estimate of drug-likeness (QED) is 0.804. The zero-order chi connectivity index (χ0) is 16.4. The largest absolute Gasteiger partial charge is 0.297 e. The molecule has 0 saturated carbocycles. The van der Waals surface area contributed by atoms with Gasteiger partial charge >= 0.3 is 0 Å². The van der Waals surface area contributed by atoms with Crippen LogP contribution < -0.4 is 0 Å². The van der Waals surface area contributed by atoms with Gasteiger partial charge in [-0.2, -0.15) is 0 Å². The summed E-state index contributed by atoms with van der Waals surface area (Å²) in [5, 5.41) is 0. The predicted octanol–water partition coefficient (Wildman–Crippen LogP) is 4.37. The molecule has 0 radical (unpaired) electrons. The molecule has 23 heavy (non-hydrogen) atoms. The number of hydrogen-bond acceptors (Lipinski definition) is 4. The van der Waals surface area contributed by atoms with Crippen LogP contribution >= 0.6 is 11.3 Å². The predicted molar refractivity (Wildman–Crippen MR) is 96.7 cm³/mol. The van der Waals surface area contributed by atoms with Gasteiger partial charge in [-0.25, -0.2) is 8.42 Å². The van der Waals surface area contributed by atoms with Gasteiger partial charge in [-0.3, -0.25) is 4.90 Å². The molecule has 124 valence electrons. The van der Waals surface area contributed by atoms with E-state index in [0.29, 0.717) is 10.3 Å². The summed E-state index contributed by atoms with van der Waals surface area (Å²) in [4.78, 5) is 3.54. The summed E-state index contributed by atoms with van der Waals surface area (Å²) in [6, 6.07) is 12.6. The fraction of sp³-hybridized carbons (Fsp3) is 0.444. The maximum absolute atomic E-state index is 12.0. The van der Waals surface area contributed by atoms with Crippen LogP contribution in [0.3, 0.4) is 0 Å². The number of nitrogens with zero attached hydrogens (tertiary/aromatic N) is 1. The SMILES string of the molecule is CCS(=O)(=O)c1ccc(-c2cccc(C(C)N3CCCC3)c2)s1. The Labute approximate surface area is 142 Å². The summed E-state index contributed by atoms with van der Waals surface area (Å²) in [5.74, 6) is 0.152. The Balaban J connectivity index is 1.88. The monoisotopic (exact) mass is 349 g/mol. The molecule has 0 amide bonds. The van der Waals surface area contributed by atoms with Gasteiger partial charge in [0.05, 0.1) is 5.75 Å². The maximum Gasteiger partial charge on any atom is 0.187 e. The van der Waals surface area contributed by atoms with Gasteiger partial charge in [0.15, 0.2) is 9.84 Å². The molecule has 1 saturated heterocycles. The highest BCUT2D eigenvalue weighted by molar-refractivity contribution is 7.93. The minimum atomic E-state index is -3.11. The van der Waals surface area contributed by atoms with Crippen molar-refractivity contribution in [2.75, 3.05) is 18.8 Å². The van der Waals surface area contributed by atoms with E-state index in [2.05, 4.69) is 36.1 Å². The average Bonchev–Trinajstić information content (AvgIpc) is 3.26. The molecule has 0 spiro atoms. The molecule has 0 aliphatic carbocycles. The van der Waals surface area contributed by atoms with Gasteiger partial charge in [-0.05, 0) is 62.2 Å². The molecular formula is C18H23NO2S2. The van der Waals surface area contributed by atoms with Gasteiger partial charge in [0.1, 0.15) is 4.21 Å². The molecule has 1 aromatic heterocycles. The minimum Gasteiger partial charge on any atom is -0.297 e. The second-order valence-electron chi connectivity index (χ2n) is 6.07. The lowest BCUT2D eigenvalue weighted by Gasteiger charge is -2.24. The third-order valence-corrected chi connectivity index (χ3v) is 8.06. The lowest BCUT2D eigenvalue weighted by atomic mass is 10.0. The van der Waals surface area contributed by atoms with E-state index in [1.54, 1.807) is 13.0 Å². The summed E-state index contributed by atoms with van der Waals surface area (Å²) >= 11 is 1.37. The van der Waals surface area contributed by atoms with Crippen LogP contribution in [0.15, 0.2) is 40.6 Å². The fourth-order valence-electron chi connectivity index (χ4n) is 3.08. The molecule has 2 aromatic rings. The Bertz CT molecular complexity index is 774. The molecule has 5 heteroatoms. The van der Waals surface area contributed by atoms with Gasteiger partial charge in [0.25, 0.3) is 0 Å². The van der Waals surface area contributed by atoms with Crippen LogP contribution in [-0.2, 0) is 9.84 Å². The number of rotatable bonds is 5. The molecule has 2 heterocycles. The fourth-order valence-corrected chi connectivity index (χ4v) is 5.50. The van der Waals surface area contributed by atoms with Gasteiger partial charge in [-0.15, -0.1) is 11.3 Å². The molecule has 1 aliphatic rings. The molecular weight excluding hydrogens is 326 g/mol. The number of benzene rings is 1. The summed E-state index contributed by atoms with van der Waals surface area (Å²) in [6.07, 6.45) is 2.57. The first-order chi connectivity index (χ1) is 11.0. The third kappa shape index (κ3) is 3.52. The summed E-state index contributed by atoms with van der Waals surface area (Å²) in [5.41, 5.74) is 2.41. The van der Waals surface area contributed by atoms with Crippen LogP contribution in [0, 0.1) is 0 Å². The van der Waals surface area contributed by atoms with Crippen molar-refractivity contribution >= 4 is 21.2 Å². The normalized spacial score (nSPS) is 17.5. The number of sulfone groups is 1. The van der Waals surface area contributed by atoms with Crippen molar-refractivity contribution in [2.45, 2.75) is 36.9 Å². The van der Waals surface area contributed by atoms with E-state index in [4.69, 9.17) is 0 Å². The number of hydrogen-bond donors (Lipinski definition) is 0. The van der Waals surface area contributed by atoms with Crippen LogP contribution in [0.25, 0.3) is 10.4 Å². The van der Waals surface area contributed by atoms with Crippen LogP contribution in [0.5, 0.6) is 0 Å². The van der Waals surface area contributed by atoms with Crippen LogP contribution in [0.2, 0.25) is 0 Å². The average molecular weight is 350 g/mol. The van der Waals surface area contributed by atoms with E-state index in [9.17, 15) is 8.42 Å². The molecule has 0 N–H and O–H groups in total. The van der Waals surface area contributed by atoms with Gasteiger partial charge in [0, 0.05) is 10.9 Å². The van der Waals surface area contributed by atoms with Crippen LogP contribution in [0.4, 0.5) is 0 Å². The Morgan fingerprint density at radius 3 is 2.61 bits per heavy atom. The second-order valence-corrected chi connectivity index (χ2v) is 9.66. The van der Waals surface area contributed by atoms with Gasteiger partial charge in [0.2, 0.25) is 0 Å². The zero-order valence-corrected chi connectivity index (χ0v) is 15.3. The Morgan fingerprint density at radius 1 is 1.17 bits per heavy atom. The van der Waals surface area contributed by atoms with Crippen molar-refractivity contribution in [3.63, 3.8) is 0 Å². The molecule has 0 bridgehead atoms. The van der Waals surface area contributed by atoms with Crippen molar-refractivity contribution in [3.05, 3.63) is 42.0 Å². The first-order valence-electron chi connectivity index (χ1n) is 8.18. The molecule has 3 nitrogen and oxygen atoms in total. The van der Waals surface area contributed by atoms with E-state index >= 15 is 0 Å². The number of likely N-dealkylation sites (tertiary alicyclic amines) is 1. The number of thiophene rings is 1. The highest BCUT2D eigenvalue weighted by Crippen LogP contribution is 2.33.